The van der Waals surface area contributed by atoms with E-state index in [0.29, 0.717) is 5.56 Å². The van der Waals surface area contributed by atoms with E-state index in [9.17, 15) is 19.3 Å². The Bertz CT molecular complexity index is 477. The van der Waals surface area contributed by atoms with Crippen molar-refractivity contribution in [1.29, 1.82) is 0 Å². The Morgan fingerprint density at radius 2 is 2.11 bits per heavy atom. The van der Waals surface area contributed by atoms with E-state index >= 15 is 0 Å². The predicted octanol–water partition coefficient (Wildman–Crippen LogP) is 1.35. The molecule has 0 unspecified atom stereocenters. The molecule has 0 heterocycles. The molecule has 0 aliphatic heterocycles. The summed E-state index contributed by atoms with van der Waals surface area (Å²) in [5.41, 5.74) is 0.118. The molecule has 0 saturated carbocycles. The van der Waals surface area contributed by atoms with Gasteiger partial charge in [0.15, 0.2) is 0 Å². The minimum Gasteiger partial charge on any atom is -0.353 e. The smallest absolute Gasteiger partial charge is 0.272 e. The van der Waals surface area contributed by atoms with Crippen LogP contribution in [-0.2, 0) is 11.3 Å². The number of hydrogen-bond acceptors (Lipinski definition) is 4. The van der Waals surface area contributed by atoms with Crippen LogP contribution < -0.4 is 10.6 Å². The Morgan fingerprint density at radius 1 is 1.42 bits per heavy atom. The van der Waals surface area contributed by atoms with Gasteiger partial charge in [0.25, 0.3) is 5.69 Å². The molecule has 19 heavy (non-hydrogen) atoms. The first kappa shape index (κ1) is 15.0. The number of amides is 1. The Hall–Kier alpha value is -2.02. The summed E-state index contributed by atoms with van der Waals surface area (Å²) in [6, 6.07) is 3.37. The number of nitro benzene ring substituents is 1. The van der Waals surface area contributed by atoms with Crippen LogP contribution in [0.3, 0.4) is 0 Å². The SMILES string of the molecule is CC(C)NC(=O)CNCc1cc(F)cc([N+](=O)[O-])c1. The topological polar surface area (TPSA) is 84.3 Å². The average Bonchev–Trinajstić information content (AvgIpc) is 2.27. The van der Waals surface area contributed by atoms with Gasteiger partial charge in [0, 0.05) is 18.7 Å². The molecule has 6 nitrogen and oxygen atoms in total. The lowest BCUT2D eigenvalue weighted by Crippen LogP contribution is -2.37. The molecule has 0 spiro atoms. The fourth-order valence-corrected chi connectivity index (χ4v) is 1.53. The number of nitrogens with zero attached hydrogens (tertiary/aromatic N) is 1. The number of carbonyl (C=O) groups is 1. The van der Waals surface area contributed by atoms with Crippen LogP contribution in [0.4, 0.5) is 10.1 Å². The third kappa shape index (κ3) is 5.43. The fourth-order valence-electron chi connectivity index (χ4n) is 1.53. The summed E-state index contributed by atoms with van der Waals surface area (Å²) in [6.07, 6.45) is 0. The van der Waals surface area contributed by atoms with E-state index in [1.165, 1.54) is 12.1 Å². The molecule has 2 N–H and O–H groups in total. The van der Waals surface area contributed by atoms with Crippen molar-refractivity contribution in [2.24, 2.45) is 0 Å². The van der Waals surface area contributed by atoms with E-state index in [1.807, 2.05) is 13.8 Å². The number of nitro groups is 1. The number of halogens is 1. The molecule has 0 saturated heterocycles. The second-order valence-electron chi connectivity index (χ2n) is 4.40. The largest absolute Gasteiger partial charge is 0.353 e. The molecule has 0 atom stereocenters. The summed E-state index contributed by atoms with van der Waals surface area (Å²) < 4.78 is 13.1. The van der Waals surface area contributed by atoms with Gasteiger partial charge >= 0.3 is 0 Å². The minimum atomic E-state index is -0.669. The van der Waals surface area contributed by atoms with Crippen molar-refractivity contribution < 1.29 is 14.1 Å². The second kappa shape index (κ2) is 6.79. The van der Waals surface area contributed by atoms with E-state index in [2.05, 4.69) is 10.6 Å². The maximum absolute atomic E-state index is 13.1. The number of rotatable bonds is 6. The highest BCUT2D eigenvalue weighted by atomic mass is 19.1. The molecule has 1 rings (SSSR count). The van der Waals surface area contributed by atoms with Crippen LogP contribution in [0.2, 0.25) is 0 Å². The van der Waals surface area contributed by atoms with Gasteiger partial charge < -0.3 is 10.6 Å². The first-order valence-corrected chi connectivity index (χ1v) is 5.82. The van der Waals surface area contributed by atoms with E-state index in [0.717, 1.165) is 6.07 Å². The van der Waals surface area contributed by atoms with Crippen molar-refractivity contribution in [3.63, 3.8) is 0 Å². The highest BCUT2D eigenvalue weighted by molar-refractivity contribution is 5.78. The van der Waals surface area contributed by atoms with Gasteiger partial charge in [-0.15, -0.1) is 0 Å². The molecular formula is C12H16FN3O3. The molecule has 0 fully saturated rings. The molecule has 0 aromatic heterocycles. The number of benzene rings is 1. The zero-order chi connectivity index (χ0) is 14.4. The zero-order valence-corrected chi connectivity index (χ0v) is 10.8. The van der Waals surface area contributed by atoms with Crippen LogP contribution in [0.5, 0.6) is 0 Å². The van der Waals surface area contributed by atoms with Crippen LogP contribution in [0.15, 0.2) is 18.2 Å². The van der Waals surface area contributed by atoms with Gasteiger partial charge in [0.05, 0.1) is 17.5 Å². The summed E-state index contributed by atoms with van der Waals surface area (Å²) in [5.74, 6) is -0.849. The lowest BCUT2D eigenvalue weighted by molar-refractivity contribution is -0.385. The van der Waals surface area contributed by atoms with Crippen LogP contribution in [0.25, 0.3) is 0 Å². The monoisotopic (exact) mass is 269 g/mol. The zero-order valence-electron chi connectivity index (χ0n) is 10.8. The van der Waals surface area contributed by atoms with E-state index < -0.39 is 10.7 Å². The fraction of sp³-hybridized carbons (Fsp3) is 0.417. The average molecular weight is 269 g/mol. The second-order valence-corrected chi connectivity index (χ2v) is 4.40. The summed E-state index contributed by atoms with van der Waals surface area (Å²) in [4.78, 5) is 21.2. The summed E-state index contributed by atoms with van der Waals surface area (Å²) in [7, 11) is 0. The summed E-state index contributed by atoms with van der Waals surface area (Å²) >= 11 is 0. The van der Waals surface area contributed by atoms with Gasteiger partial charge in [0.2, 0.25) is 5.91 Å². The van der Waals surface area contributed by atoms with Crippen molar-refractivity contribution >= 4 is 11.6 Å². The molecule has 1 amide bonds. The maximum Gasteiger partial charge on any atom is 0.272 e. The first-order chi connectivity index (χ1) is 8.88. The normalized spacial score (nSPS) is 10.5. The molecule has 7 heteroatoms. The Balaban J connectivity index is 2.54. The molecule has 0 radical (unpaired) electrons. The molecule has 1 aromatic carbocycles. The van der Waals surface area contributed by atoms with Crippen LogP contribution in [-0.4, -0.2) is 23.4 Å². The maximum atomic E-state index is 13.1. The van der Waals surface area contributed by atoms with Gasteiger partial charge in [-0.2, -0.15) is 0 Å². The van der Waals surface area contributed by atoms with Gasteiger partial charge in [-0.25, -0.2) is 4.39 Å². The van der Waals surface area contributed by atoms with Crippen LogP contribution in [0, 0.1) is 15.9 Å². The van der Waals surface area contributed by atoms with Crippen LogP contribution in [0.1, 0.15) is 19.4 Å². The lowest BCUT2D eigenvalue weighted by Gasteiger charge is -2.09. The molecule has 0 bridgehead atoms. The third-order valence-corrected chi connectivity index (χ3v) is 2.22. The predicted molar refractivity (Wildman–Crippen MR) is 68.0 cm³/mol. The number of nitrogens with one attached hydrogen (secondary N) is 2. The van der Waals surface area contributed by atoms with Crippen molar-refractivity contribution in [2.75, 3.05) is 6.54 Å². The van der Waals surface area contributed by atoms with Crippen molar-refractivity contribution in [3.05, 3.63) is 39.7 Å². The Morgan fingerprint density at radius 3 is 2.68 bits per heavy atom. The van der Waals surface area contributed by atoms with E-state index in [1.54, 1.807) is 0 Å². The number of carbonyl (C=O) groups excluding carboxylic acids is 1. The van der Waals surface area contributed by atoms with E-state index in [4.69, 9.17) is 0 Å². The van der Waals surface area contributed by atoms with Crippen LogP contribution >= 0.6 is 0 Å². The Kier molecular flexibility index (Phi) is 5.37. The van der Waals surface area contributed by atoms with Crippen molar-refractivity contribution in [2.45, 2.75) is 26.4 Å². The van der Waals surface area contributed by atoms with Gasteiger partial charge in [-0.05, 0) is 25.5 Å². The number of hydrogen-bond donors (Lipinski definition) is 2. The highest BCUT2D eigenvalue weighted by Crippen LogP contribution is 2.15. The highest BCUT2D eigenvalue weighted by Gasteiger charge is 2.10. The standard InChI is InChI=1S/C12H16FN3O3/c1-8(2)15-12(17)7-14-6-9-3-10(13)5-11(4-9)16(18)19/h3-5,8,14H,6-7H2,1-2H3,(H,15,17). The molecule has 0 aliphatic carbocycles. The molecule has 1 aromatic rings. The van der Waals surface area contributed by atoms with Crippen molar-refractivity contribution in [3.8, 4) is 0 Å². The molecule has 0 aliphatic rings. The van der Waals surface area contributed by atoms with Gasteiger partial charge in [-0.1, -0.05) is 0 Å². The van der Waals surface area contributed by atoms with E-state index in [-0.39, 0.29) is 30.7 Å². The van der Waals surface area contributed by atoms with Crippen molar-refractivity contribution in [1.82, 2.24) is 10.6 Å². The van der Waals surface area contributed by atoms with Gasteiger partial charge in [0.1, 0.15) is 5.82 Å². The molecular weight excluding hydrogens is 253 g/mol. The minimum absolute atomic E-state index is 0.0459. The summed E-state index contributed by atoms with van der Waals surface area (Å²) in [6.45, 7) is 3.94. The Labute approximate surface area is 110 Å². The first-order valence-electron chi connectivity index (χ1n) is 5.82. The number of non-ortho nitro benzene ring substituents is 1. The summed E-state index contributed by atoms with van der Waals surface area (Å²) in [5, 5.41) is 16.0. The molecule has 104 valence electrons. The van der Waals surface area contributed by atoms with Gasteiger partial charge in [-0.3, -0.25) is 14.9 Å². The third-order valence-electron chi connectivity index (χ3n) is 2.22. The quantitative estimate of drug-likeness (QED) is 0.603. The lowest BCUT2D eigenvalue weighted by atomic mass is 10.2.